The fraction of sp³-hybridized carbons (Fsp3) is 0.0714. The zero-order chi connectivity index (χ0) is 16.3. The Morgan fingerprint density at radius 1 is 1.18 bits per heavy atom. The number of carbonyl (C=O) groups excluding carboxylic acids is 1. The third-order valence-electron chi connectivity index (χ3n) is 2.73. The average Bonchev–Trinajstić information content (AvgIpc) is 2.48. The fourth-order valence-corrected chi connectivity index (χ4v) is 1.91. The molecule has 0 heterocycles. The lowest BCUT2D eigenvalue weighted by atomic mass is 10.1. The highest BCUT2D eigenvalue weighted by molar-refractivity contribution is 6.42. The van der Waals surface area contributed by atoms with Crippen molar-refractivity contribution in [3.63, 3.8) is 0 Å². The van der Waals surface area contributed by atoms with E-state index in [1.807, 2.05) is 0 Å². The van der Waals surface area contributed by atoms with Crippen LogP contribution in [-0.4, -0.2) is 17.3 Å². The van der Waals surface area contributed by atoms with E-state index >= 15 is 0 Å². The van der Waals surface area contributed by atoms with Crippen molar-refractivity contribution in [2.24, 2.45) is 0 Å². The molecular weight excluding hydrogens is 336 g/mol. The van der Waals surface area contributed by atoms with Gasteiger partial charge in [-0.15, -0.1) is 0 Å². The Labute approximate surface area is 134 Å². The first-order valence-corrected chi connectivity index (χ1v) is 6.69. The maximum absolute atomic E-state index is 13.6. The Kier molecular flexibility index (Phi) is 4.95. The van der Waals surface area contributed by atoms with Gasteiger partial charge in [-0.1, -0.05) is 23.2 Å². The van der Waals surface area contributed by atoms with Gasteiger partial charge in [0.1, 0.15) is 0 Å². The largest absolute Gasteiger partial charge is 0.482 e. The van der Waals surface area contributed by atoms with E-state index in [4.69, 9.17) is 27.9 Å². The number of nitrogens with zero attached hydrogens (tertiary/aromatic N) is 1. The van der Waals surface area contributed by atoms with E-state index in [-0.39, 0.29) is 16.3 Å². The molecule has 0 bridgehead atoms. The first-order valence-electron chi connectivity index (χ1n) is 5.93. The molecule has 8 heteroatoms. The van der Waals surface area contributed by atoms with Gasteiger partial charge in [0.2, 0.25) is 0 Å². The molecule has 0 unspecified atom stereocenters. The first-order chi connectivity index (χ1) is 10.4. The summed E-state index contributed by atoms with van der Waals surface area (Å²) in [7, 11) is 0. The molecule has 0 fully saturated rings. The summed E-state index contributed by atoms with van der Waals surface area (Å²) in [6.45, 7) is -0.438. The number of hydrogen-bond acceptors (Lipinski definition) is 4. The minimum Gasteiger partial charge on any atom is -0.482 e. The van der Waals surface area contributed by atoms with E-state index in [1.165, 1.54) is 18.2 Å². The van der Waals surface area contributed by atoms with Gasteiger partial charge in [0.25, 0.3) is 5.69 Å². The topological polar surface area (TPSA) is 69.4 Å². The van der Waals surface area contributed by atoms with Crippen molar-refractivity contribution in [3.8, 4) is 5.75 Å². The van der Waals surface area contributed by atoms with Crippen molar-refractivity contribution in [3.05, 3.63) is 67.9 Å². The summed E-state index contributed by atoms with van der Waals surface area (Å²) in [6, 6.07) is 7.20. The van der Waals surface area contributed by atoms with Gasteiger partial charge in [-0.25, -0.2) is 4.39 Å². The molecule has 0 aliphatic heterocycles. The van der Waals surface area contributed by atoms with Crippen molar-refractivity contribution in [2.45, 2.75) is 0 Å². The minimum absolute atomic E-state index is 0.217. The number of hydrogen-bond donors (Lipinski definition) is 0. The highest BCUT2D eigenvalue weighted by Crippen LogP contribution is 2.24. The Bertz CT molecular complexity index is 752. The molecule has 114 valence electrons. The number of rotatable bonds is 5. The summed E-state index contributed by atoms with van der Waals surface area (Å²) in [5, 5.41) is 11.0. The maximum atomic E-state index is 13.6. The molecule has 0 aromatic heterocycles. The molecule has 22 heavy (non-hydrogen) atoms. The van der Waals surface area contributed by atoms with Gasteiger partial charge in [-0.05, 0) is 24.3 Å². The first kappa shape index (κ1) is 16.2. The molecule has 0 N–H and O–H groups in total. The summed E-state index contributed by atoms with van der Waals surface area (Å²) >= 11 is 11.5. The van der Waals surface area contributed by atoms with E-state index in [2.05, 4.69) is 0 Å². The molecule has 0 aliphatic carbocycles. The van der Waals surface area contributed by atoms with Crippen LogP contribution in [0.15, 0.2) is 36.4 Å². The fourth-order valence-electron chi connectivity index (χ4n) is 1.62. The molecule has 0 amide bonds. The number of carbonyl (C=O) groups is 1. The van der Waals surface area contributed by atoms with Crippen molar-refractivity contribution < 1.29 is 18.8 Å². The van der Waals surface area contributed by atoms with Crippen LogP contribution in [0, 0.1) is 15.9 Å². The van der Waals surface area contributed by atoms with Crippen LogP contribution < -0.4 is 4.74 Å². The van der Waals surface area contributed by atoms with Crippen LogP contribution in [0.25, 0.3) is 0 Å². The molecule has 0 saturated carbocycles. The van der Waals surface area contributed by atoms with Crippen molar-refractivity contribution in [2.75, 3.05) is 6.61 Å². The van der Waals surface area contributed by atoms with Gasteiger partial charge in [-0.2, -0.15) is 0 Å². The molecule has 0 aliphatic rings. The molecule has 0 radical (unpaired) electrons. The van der Waals surface area contributed by atoms with Crippen molar-refractivity contribution in [1.82, 2.24) is 0 Å². The molecule has 0 spiro atoms. The Morgan fingerprint density at radius 3 is 2.50 bits per heavy atom. The second-order valence-corrected chi connectivity index (χ2v) is 5.03. The second-order valence-electron chi connectivity index (χ2n) is 4.21. The number of Topliss-reactive ketones (excluding diaryl/α,β-unsaturated/α-hetero) is 1. The zero-order valence-electron chi connectivity index (χ0n) is 10.9. The average molecular weight is 344 g/mol. The normalized spacial score (nSPS) is 10.3. The van der Waals surface area contributed by atoms with Gasteiger partial charge in [0, 0.05) is 11.6 Å². The Morgan fingerprint density at radius 2 is 1.91 bits per heavy atom. The van der Waals surface area contributed by atoms with Gasteiger partial charge in [0.05, 0.1) is 21.0 Å². The van der Waals surface area contributed by atoms with Gasteiger partial charge in [0.15, 0.2) is 24.0 Å². The lowest BCUT2D eigenvalue weighted by Gasteiger charge is -2.07. The number of non-ortho nitro benzene ring substituents is 1. The summed E-state index contributed by atoms with van der Waals surface area (Å²) in [6.07, 6.45) is 0. The molecule has 2 aromatic carbocycles. The van der Waals surface area contributed by atoms with Gasteiger partial charge >= 0.3 is 0 Å². The molecule has 2 rings (SSSR count). The summed E-state index contributed by atoms with van der Waals surface area (Å²) in [4.78, 5) is 21.7. The summed E-state index contributed by atoms with van der Waals surface area (Å²) < 4.78 is 18.6. The quantitative estimate of drug-likeness (QED) is 0.461. The number of nitro benzene ring substituents is 1. The predicted molar refractivity (Wildman–Crippen MR) is 79.3 cm³/mol. The lowest BCUT2D eigenvalue weighted by Crippen LogP contribution is -2.12. The smallest absolute Gasteiger partial charge is 0.272 e. The van der Waals surface area contributed by atoms with Gasteiger partial charge in [-0.3, -0.25) is 14.9 Å². The van der Waals surface area contributed by atoms with Crippen LogP contribution in [-0.2, 0) is 0 Å². The zero-order valence-corrected chi connectivity index (χ0v) is 12.4. The van der Waals surface area contributed by atoms with Crippen LogP contribution in [0.5, 0.6) is 5.75 Å². The third-order valence-corrected chi connectivity index (χ3v) is 3.47. The monoisotopic (exact) mass is 343 g/mol. The number of nitro groups is 1. The molecule has 5 nitrogen and oxygen atoms in total. The molecular formula is C14H8Cl2FNO4. The number of ether oxygens (including phenoxy) is 1. The molecule has 0 saturated heterocycles. The third kappa shape index (κ3) is 3.72. The van der Waals surface area contributed by atoms with Crippen LogP contribution in [0.1, 0.15) is 10.4 Å². The van der Waals surface area contributed by atoms with E-state index in [0.717, 1.165) is 18.2 Å². The summed E-state index contributed by atoms with van der Waals surface area (Å²) in [5.41, 5.74) is -0.141. The van der Waals surface area contributed by atoms with E-state index in [0.29, 0.717) is 5.02 Å². The lowest BCUT2D eigenvalue weighted by molar-refractivity contribution is -0.385. The Hall–Kier alpha value is -2.18. The van der Waals surface area contributed by atoms with Gasteiger partial charge < -0.3 is 4.74 Å². The van der Waals surface area contributed by atoms with Crippen LogP contribution >= 0.6 is 23.2 Å². The van der Waals surface area contributed by atoms with E-state index < -0.39 is 28.8 Å². The van der Waals surface area contributed by atoms with Crippen LogP contribution in [0.2, 0.25) is 10.0 Å². The number of halogens is 3. The Balaban J connectivity index is 2.07. The van der Waals surface area contributed by atoms with Crippen LogP contribution in [0.4, 0.5) is 10.1 Å². The van der Waals surface area contributed by atoms with E-state index in [1.54, 1.807) is 0 Å². The molecule has 2 aromatic rings. The van der Waals surface area contributed by atoms with Crippen molar-refractivity contribution in [1.29, 1.82) is 0 Å². The van der Waals surface area contributed by atoms with Crippen molar-refractivity contribution >= 4 is 34.7 Å². The summed E-state index contributed by atoms with van der Waals surface area (Å²) in [5.74, 6) is -1.61. The van der Waals surface area contributed by atoms with Crippen LogP contribution in [0.3, 0.4) is 0 Å². The minimum atomic E-state index is -0.920. The number of benzene rings is 2. The SMILES string of the molecule is O=C(COc1ccc([N+](=O)[O-])cc1F)c1ccc(Cl)c(Cl)c1. The second kappa shape index (κ2) is 6.72. The highest BCUT2D eigenvalue weighted by Gasteiger charge is 2.14. The molecule has 0 atom stereocenters. The maximum Gasteiger partial charge on any atom is 0.272 e. The van der Waals surface area contributed by atoms with E-state index in [9.17, 15) is 19.3 Å². The number of ketones is 1. The predicted octanol–water partition coefficient (Wildman–Crippen LogP) is 4.30. The standard InChI is InChI=1S/C14H8Cl2FNO4/c15-10-3-1-8(5-11(10)16)13(19)7-22-14-4-2-9(18(20)21)6-12(14)17/h1-6H,7H2. The highest BCUT2D eigenvalue weighted by atomic mass is 35.5.